The van der Waals surface area contributed by atoms with Crippen LogP contribution in [0, 0.1) is 32.1 Å². The van der Waals surface area contributed by atoms with E-state index in [4.69, 9.17) is 5.26 Å². The molecule has 1 aromatic heterocycles. The number of hydrogen-bond acceptors (Lipinski definition) is 5. The van der Waals surface area contributed by atoms with Gasteiger partial charge in [-0.3, -0.25) is 4.79 Å². The Kier molecular flexibility index (Phi) is 5.35. The van der Waals surface area contributed by atoms with E-state index in [0.717, 1.165) is 17.0 Å². The van der Waals surface area contributed by atoms with E-state index in [1.807, 2.05) is 27.7 Å². The van der Waals surface area contributed by atoms with E-state index in [1.165, 1.54) is 11.8 Å². The van der Waals surface area contributed by atoms with Gasteiger partial charge in [0.1, 0.15) is 0 Å². The summed E-state index contributed by atoms with van der Waals surface area (Å²) in [6, 6.07) is 8.88. The van der Waals surface area contributed by atoms with Gasteiger partial charge >= 0.3 is 0 Å². The fraction of sp³-hybridized carbons (Fsp3) is 0.294. The number of nitrogens with zero attached hydrogens (tertiary/aromatic N) is 3. The number of hydrogen-bond donors (Lipinski definition) is 1. The van der Waals surface area contributed by atoms with Gasteiger partial charge in [-0.25, -0.2) is 9.97 Å². The molecule has 0 saturated heterocycles. The predicted molar refractivity (Wildman–Crippen MR) is 91.3 cm³/mol. The standard InChI is InChI=1S/C17H18N4OS/c1-10-11(2)19-17(20-12(10)3)23-13(4)16(22)21-15-7-5-6-14(8-15)9-18/h5-8,13H,1-4H3,(H,21,22)/t13-/m0/s1. The van der Waals surface area contributed by atoms with Crippen LogP contribution in [0.5, 0.6) is 0 Å². The lowest BCUT2D eigenvalue weighted by Crippen LogP contribution is -2.22. The molecule has 0 aliphatic carbocycles. The third kappa shape index (κ3) is 4.30. The summed E-state index contributed by atoms with van der Waals surface area (Å²) in [6.07, 6.45) is 0. The van der Waals surface area contributed by atoms with Gasteiger partial charge in [-0.05, 0) is 51.5 Å². The zero-order valence-corrected chi connectivity index (χ0v) is 14.4. The van der Waals surface area contributed by atoms with Crippen LogP contribution in [0.15, 0.2) is 29.4 Å². The number of benzene rings is 1. The summed E-state index contributed by atoms with van der Waals surface area (Å²) >= 11 is 1.32. The molecule has 2 rings (SSSR count). The van der Waals surface area contributed by atoms with Crippen LogP contribution >= 0.6 is 11.8 Å². The third-order valence-electron chi connectivity index (χ3n) is 3.52. The summed E-state index contributed by atoms with van der Waals surface area (Å²) < 4.78 is 0. The number of anilines is 1. The Morgan fingerprint density at radius 3 is 2.52 bits per heavy atom. The number of nitriles is 1. The van der Waals surface area contributed by atoms with E-state index in [2.05, 4.69) is 21.4 Å². The smallest absolute Gasteiger partial charge is 0.237 e. The molecule has 0 aliphatic heterocycles. The van der Waals surface area contributed by atoms with Crippen LogP contribution < -0.4 is 5.32 Å². The Morgan fingerprint density at radius 1 is 1.26 bits per heavy atom. The van der Waals surface area contributed by atoms with Crippen LogP contribution in [-0.2, 0) is 4.79 Å². The molecule has 2 aromatic rings. The first kappa shape index (κ1) is 17.0. The largest absolute Gasteiger partial charge is 0.325 e. The van der Waals surface area contributed by atoms with Gasteiger partial charge in [0.25, 0.3) is 0 Å². The van der Waals surface area contributed by atoms with Gasteiger partial charge in [0.2, 0.25) is 5.91 Å². The number of rotatable bonds is 4. The number of amides is 1. The van der Waals surface area contributed by atoms with Crippen LogP contribution in [0.3, 0.4) is 0 Å². The van der Waals surface area contributed by atoms with Gasteiger partial charge < -0.3 is 5.32 Å². The van der Waals surface area contributed by atoms with Crippen molar-refractivity contribution < 1.29 is 4.79 Å². The average molecular weight is 326 g/mol. The van der Waals surface area contributed by atoms with Crippen LogP contribution in [0.2, 0.25) is 0 Å². The molecule has 0 unspecified atom stereocenters. The molecule has 1 aromatic carbocycles. The first-order valence-corrected chi connectivity index (χ1v) is 8.08. The fourth-order valence-corrected chi connectivity index (χ4v) is 2.78. The van der Waals surface area contributed by atoms with Crippen LogP contribution in [0.4, 0.5) is 5.69 Å². The first-order chi connectivity index (χ1) is 10.9. The maximum absolute atomic E-state index is 12.3. The Morgan fingerprint density at radius 2 is 1.91 bits per heavy atom. The van der Waals surface area contributed by atoms with Crippen molar-refractivity contribution in [1.29, 1.82) is 5.26 Å². The second-order valence-electron chi connectivity index (χ2n) is 5.24. The Hall–Kier alpha value is -2.39. The molecular formula is C17H18N4OS. The van der Waals surface area contributed by atoms with E-state index >= 15 is 0 Å². The van der Waals surface area contributed by atoms with E-state index in [9.17, 15) is 4.79 Å². The van der Waals surface area contributed by atoms with E-state index in [0.29, 0.717) is 16.4 Å². The zero-order chi connectivity index (χ0) is 17.0. The highest BCUT2D eigenvalue weighted by Crippen LogP contribution is 2.23. The summed E-state index contributed by atoms with van der Waals surface area (Å²) in [5.74, 6) is -0.149. The van der Waals surface area contributed by atoms with Crippen molar-refractivity contribution in [2.75, 3.05) is 5.32 Å². The monoisotopic (exact) mass is 326 g/mol. The normalized spacial score (nSPS) is 11.6. The summed E-state index contributed by atoms with van der Waals surface area (Å²) in [5, 5.41) is 12.0. The van der Waals surface area contributed by atoms with Gasteiger partial charge in [-0.15, -0.1) is 0 Å². The molecular weight excluding hydrogens is 308 g/mol. The third-order valence-corrected chi connectivity index (χ3v) is 4.48. The lowest BCUT2D eigenvalue weighted by Gasteiger charge is -2.12. The summed E-state index contributed by atoms with van der Waals surface area (Å²) in [5.41, 5.74) is 4.04. The molecule has 1 N–H and O–H groups in total. The lowest BCUT2D eigenvalue weighted by atomic mass is 10.2. The van der Waals surface area contributed by atoms with Crippen molar-refractivity contribution in [3.63, 3.8) is 0 Å². The maximum atomic E-state index is 12.3. The lowest BCUT2D eigenvalue weighted by molar-refractivity contribution is -0.115. The Bertz CT molecular complexity index is 759. The highest BCUT2D eigenvalue weighted by molar-refractivity contribution is 8.00. The van der Waals surface area contributed by atoms with Crippen molar-refractivity contribution in [1.82, 2.24) is 9.97 Å². The van der Waals surface area contributed by atoms with Gasteiger partial charge in [-0.1, -0.05) is 17.8 Å². The molecule has 23 heavy (non-hydrogen) atoms. The summed E-state index contributed by atoms with van der Waals surface area (Å²) in [7, 11) is 0. The van der Waals surface area contributed by atoms with Crippen LogP contribution in [0.25, 0.3) is 0 Å². The van der Waals surface area contributed by atoms with E-state index in [1.54, 1.807) is 24.3 Å². The van der Waals surface area contributed by atoms with Crippen molar-refractivity contribution in [3.05, 3.63) is 46.8 Å². The number of carbonyl (C=O) groups is 1. The Labute approximate surface area is 140 Å². The maximum Gasteiger partial charge on any atom is 0.237 e. The van der Waals surface area contributed by atoms with Crippen molar-refractivity contribution in [2.45, 2.75) is 38.1 Å². The van der Waals surface area contributed by atoms with Gasteiger partial charge in [0.05, 0.1) is 16.9 Å². The van der Waals surface area contributed by atoms with Crippen molar-refractivity contribution >= 4 is 23.4 Å². The van der Waals surface area contributed by atoms with Crippen LogP contribution in [-0.4, -0.2) is 21.1 Å². The van der Waals surface area contributed by atoms with E-state index < -0.39 is 0 Å². The molecule has 5 nitrogen and oxygen atoms in total. The van der Waals surface area contributed by atoms with Crippen molar-refractivity contribution in [2.24, 2.45) is 0 Å². The number of nitrogens with one attached hydrogen (secondary N) is 1. The van der Waals surface area contributed by atoms with Gasteiger partial charge in [0.15, 0.2) is 5.16 Å². The molecule has 6 heteroatoms. The molecule has 0 saturated carbocycles. The van der Waals surface area contributed by atoms with Gasteiger partial charge in [0, 0.05) is 17.1 Å². The minimum Gasteiger partial charge on any atom is -0.325 e. The summed E-state index contributed by atoms with van der Waals surface area (Å²) in [6.45, 7) is 7.66. The minimum atomic E-state index is -0.345. The minimum absolute atomic E-state index is 0.149. The topological polar surface area (TPSA) is 78.7 Å². The number of thioether (sulfide) groups is 1. The SMILES string of the molecule is Cc1nc(S[C@@H](C)C(=O)Nc2cccc(C#N)c2)nc(C)c1C. The predicted octanol–water partition coefficient (Wildman–Crippen LogP) is 3.39. The Balaban J connectivity index is 2.07. The highest BCUT2D eigenvalue weighted by atomic mass is 32.2. The quantitative estimate of drug-likeness (QED) is 0.688. The molecule has 0 bridgehead atoms. The molecule has 1 atom stereocenters. The molecule has 118 valence electrons. The number of aryl methyl sites for hydroxylation is 2. The molecule has 0 fully saturated rings. The average Bonchev–Trinajstić information content (AvgIpc) is 2.52. The second kappa shape index (κ2) is 7.25. The van der Waals surface area contributed by atoms with Crippen LogP contribution in [0.1, 0.15) is 29.4 Å². The second-order valence-corrected chi connectivity index (χ2v) is 6.55. The van der Waals surface area contributed by atoms with Gasteiger partial charge in [-0.2, -0.15) is 5.26 Å². The molecule has 0 aliphatic rings. The molecule has 0 spiro atoms. The molecule has 1 amide bonds. The molecule has 0 radical (unpaired) electrons. The first-order valence-electron chi connectivity index (χ1n) is 7.20. The highest BCUT2D eigenvalue weighted by Gasteiger charge is 2.17. The van der Waals surface area contributed by atoms with E-state index in [-0.39, 0.29) is 11.2 Å². The summed E-state index contributed by atoms with van der Waals surface area (Å²) in [4.78, 5) is 21.1. The number of aromatic nitrogens is 2. The fourth-order valence-electron chi connectivity index (χ4n) is 1.92. The zero-order valence-electron chi connectivity index (χ0n) is 13.5. The van der Waals surface area contributed by atoms with Crippen molar-refractivity contribution in [3.8, 4) is 6.07 Å². The molecule has 1 heterocycles. The number of carbonyl (C=O) groups excluding carboxylic acids is 1.